The lowest BCUT2D eigenvalue weighted by atomic mass is 10.2. The van der Waals surface area contributed by atoms with E-state index in [9.17, 15) is 18.0 Å². The summed E-state index contributed by atoms with van der Waals surface area (Å²) in [6, 6.07) is 11.5. The molecule has 0 aliphatic carbocycles. The van der Waals surface area contributed by atoms with Gasteiger partial charge in [-0.05, 0) is 54.4 Å². The number of anilines is 1. The Morgan fingerprint density at radius 2 is 1.83 bits per heavy atom. The number of esters is 1. The lowest BCUT2D eigenvalue weighted by Crippen LogP contribution is -2.39. The summed E-state index contributed by atoms with van der Waals surface area (Å²) in [5, 5.41) is 3.84. The number of methoxy groups -OCH3 is 1. The number of rotatable bonds is 8. The Hall–Kier alpha value is -3.40. The quantitative estimate of drug-likeness (QED) is 0.294. The van der Waals surface area contributed by atoms with E-state index in [0.717, 1.165) is 16.1 Å². The number of hydrogen-bond donors (Lipinski definition) is 1. The normalized spacial score (nSPS) is 11.2. The third-order valence-corrected chi connectivity index (χ3v) is 4.96. The highest BCUT2D eigenvalue weighted by Gasteiger charge is 2.24. The summed E-state index contributed by atoms with van der Waals surface area (Å²) < 4.78 is 35.7. The average molecular weight is 433 g/mol. The Balaban J connectivity index is 2.09. The molecule has 1 N–H and O–H groups in total. The van der Waals surface area contributed by atoms with Gasteiger partial charge in [-0.2, -0.15) is 5.10 Å². The number of amides is 1. The molecule has 0 radical (unpaired) electrons. The Morgan fingerprint density at radius 3 is 2.40 bits per heavy atom. The van der Waals surface area contributed by atoms with Crippen molar-refractivity contribution in [3.8, 4) is 11.5 Å². The average Bonchev–Trinajstić information content (AvgIpc) is 2.66. The van der Waals surface area contributed by atoms with E-state index >= 15 is 0 Å². The third kappa shape index (κ3) is 6.59. The van der Waals surface area contributed by atoms with Gasteiger partial charge in [-0.1, -0.05) is 6.07 Å². The first-order valence-electron chi connectivity index (χ1n) is 8.83. The molecule has 0 heterocycles. The zero-order valence-electron chi connectivity index (χ0n) is 17.1. The number of aryl methyl sites for hydroxylation is 1. The molecule has 2 rings (SSSR count). The van der Waals surface area contributed by atoms with Crippen molar-refractivity contribution in [1.82, 2.24) is 5.43 Å². The zero-order chi connectivity index (χ0) is 22.3. The van der Waals surface area contributed by atoms with E-state index in [4.69, 9.17) is 9.47 Å². The maximum atomic E-state index is 12.3. The Morgan fingerprint density at radius 1 is 1.17 bits per heavy atom. The van der Waals surface area contributed by atoms with E-state index in [1.54, 1.807) is 49.4 Å². The van der Waals surface area contributed by atoms with Gasteiger partial charge in [0.1, 0.15) is 18.0 Å². The van der Waals surface area contributed by atoms with Gasteiger partial charge < -0.3 is 9.47 Å². The zero-order valence-corrected chi connectivity index (χ0v) is 17.9. The molecule has 2 aromatic rings. The lowest BCUT2D eigenvalue weighted by molar-refractivity contribution is -0.131. The molecule has 0 bridgehead atoms. The summed E-state index contributed by atoms with van der Waals surface area (Å²) in [5.74, 6) is -0.337. The van der Waals surface area contributed by atoms with E-state index in [0.29, 0.717) is 17.1 Å². The van der Waals surface area contributed by atoms with E-state index in [-0.39, 0.29) is 5.69 Å². The topological polar surface area (TPSA) is 114 Å². The Bertz CT molecular complexity index is 1050. The van der Waals surface area contributed by atoms with Gasteiger partial charge in [-0.3, -0.25) is 13.9 Å². The molecule has 0 unspecified atom stereocenters. The maximum absolute atomic E-state index is 12.3. The number of nitrogens with one attached hydrogen (secondary N) is 1. The molecule has 0 atom stereocenters. The number of nitrogens with zero attached hydrogens (tertiary/aromatic N) is 2. The SMILES string of the molecule is COc1ccc(C)cc1N(CC(=O)N/N=C\c1ccc(OC(C)=O)cc1)S(C)(=O)=O. The van der Waals surface area contributed by atoms with Crippen LogP contribution in [0.1, 0.15) is 18.1 Å². The van der Waals surface area contributed by atoms with Crippen LogP contribution in [-0.4, -0.2) is 46.4 Å². The molecule has 1 amide bonds. The summed E-state index contributed by atoms with van der Waals surface area (Å²) in [6.07, 6.45) is 2.39. The Kier molecular flexibility index (Phi) is 7.54. The smallest absolute Gasteiger partial charge is 0.308 e. The highest BCUT2D eigenvalue weighted by molar-refractivity contribution is 7.92. The summed E-state index contributed by atoms with van der Waals surface area (Å²) in [7, 11) is -2.33. The van der Waals surface area contributed by atoms with Gasteiger partial charge >= 0.3 is 5.97 Å². The highest BCUT2D eigenvalue weighted by atomic mass is 32.2. The molecule has 0 saturated carbocycles. The summed E-state index contributed by atoms with van der Waals surface area (Å²) in [6.45, 7) is 2.64. The van der Waals surface area contributed by atoms with Gasteiger partial charge in [0.25, 0.3) is 5.91 Å². The van der Waals surface area contributed by atoms with Gasteiger partial charge in [0, 0.05) is 6.92 Å². The fraction of sp³-hybridized carbons (Fsp3) is 0.250. The van der Waals surface area contributed by atoms with Crippen molar-refractivity contribution >= 4 is 33.8 Å². The molecule has 0 fully saturated rings. The minimum Gasteiger partial charge on any atom is -0.495 e. The van der Waals surface area contributed by atoms with E-state index in [1.165, 1.54) is 20.2 Å². The van der Waals surface area contributed by atoms with Crippen molar-refractivity contribution < 1.29 is 27.5 Å². The van der Waals surface area contributed by atoms with Crippen molar-refractivity contribution in [2.24, 2.45) is 5.10 Å². The van der Waals surface area contributed by atoms with E-state index < -0.39 is 28.4 Å². The minimum atomic E-state index is -3.76. The summed E-state index contributed by atoms with van der Waals surface area (Å²) >= 11 is 0. The van der Waals surface area contributed by atoms with Crippen LogP contribution in [0.4, 0.5) is 5.69 Å². The molecule has 0 aliphatic heterocycles. The maximum Gasteiger partial charge on any atom is 0.308 e. The number of hydrogen-bond acceptors (Lipinski definition) is 7. The highest BCUT2D eigenvalue weighted by Crippen LogP contribution is 2.30. The molecule has 160 valence electrons. The first-order valence-corrected chi connectivity index (χ1v) is 10.7. The van der Waals surface area contributed by atoms with Crippen LogP contribution in [0, 0.1) is 6.92 Å². The fourth-order valence-electron chi connectivity index (χ4n) is 2.51. The number of hydrazone groups is 1. The predicted octanol–water partition coefficient (Wildman–Crippen LogP) is 1.85. The summed E-state index contributed by atoms with van der Waals surface area (Å²) in [5.41, 5.74) is 4.02. The van der Waals surface area contributed by atoms with E-state index in [2.05, 4.69) is 10.5 Å². The molecule has 0 aromatic heterocycles. The van der Waals surface area contributed by atoms with Crippen molar-refractivity contribution in [3.05, 3.63) is 53.6 Å². The number of carbonyl (C=O) groups is 2. The van der Waals surface area contributed by atoms with Crippen molar-refractivity contribution in [2.75, 3.05) is 24.2 Å². The second-order valence-corrected chi connectivity index (χ2v) is 8.31. The molecular weight excluding hydrogens is 410 g/mol. The first-order chi connectivity index (χ1) is 14.1. The molecular formula is C20H23N3O6S. The van der Waals surface area contributed by atoms with Crippen LogP contribution in [-0.2, 0) is 19.6 Å². The van der Waals surface area contributed by atoms with Crippen LogP contribution >= 0.6 is 0 Å². The summed E-state index contributed by atoms with van der Waals surface area (Å²) in [4.78, 5) is 23.2. The van der Waals surface area contributed by atoms with Crippen LogP contribution in [0.2, 0.25) is 0 Å². The second-order valence-electron chi connectivity index (χ2n) is 6.40. The fourth-order valence-corrected chi connectivity index (χ4v) is 3.36. The van der Waals surface area contributed by atoms with E-state index in [1.807, 2.05) is 0 Å². The standard InChI is InChI=1S/C20H23N3O6S/c1-14-5-10-19(28-3)18(11-14)23(30(4,26)27)13-20(25)22-21-12-16-6-8-17(9-7-16)29-15(2)24/h5-12H,13H2,1-4H3,(H,22,25)/b21-12-. The van der Waals surface area contributed by atoms with Crippen molar-refractivity contribution in [3.63, 3.8) is 0 Å². The van der Waals surface area contributed by atoms with Gasteiger partial charge in [-0.15, -0.1) is 0 Å². The van der Waals surface area contributed by atoms with Crippen molar-refractivity contribution in [2.45, 2.75) is 13.8 Å². The molecule has 2 aromatic carbocycles. The Labute approximate surface area is 175 Å². The molecule has 0 aliphatic rings. The van der Waals surface area contributed by atoms with Crippen LogP contribution in [0.5, 0.6) is 11.5 Å². The van der Waals surface area contributed by atoms with Crippen LogP contribution in [0.15, 0.2) is 47.6 Å². The van der Waals surface area contributed by atoms with Crippen LogP contribution < -0.4 is 19.2 Å². The van der Waals surface area contributed by atoms with Crippen molar-refractivity contribution in [1.29, 1.82) is 0 Å². The number of ether oxygens (including phenoxy) is 2. The molecule has 10 heteroatoms. The molecule has 9 nitrogen and oxygen atoms in total. The first kappa shape index (κ1) is 22.9. The van der Waals surface area contributed by atoms with Gasteiger partial charge in [0.2, 0.25) is 10.0 Å². The molecule has 30 heavy (non-hydrogen) atoms. The number of benzene rings is 2. The van der Waals surface area contributed by atoms with Crippen LogP contribution in [0.3, 0.4) is 0 Å². The van der Waals surface area contributed by atoms with Gasteiger partial charge in [0.15, 0.2) is 0 Å². The number of sulfonamides is 1. The third-order valence-electron chi connectivity index (χ3n) is 3.84. The second kappa shape index (κ2) is 9.88. The lowest BCUT2D eigenvalue weighted by Gasteiger charge is -2.23. The van der Waals surface area contributed by atoms with Gasteiger partial charge in [-0.25, -0.2) is 13.8 Å². The van der Waals surface area contributed by atoms with Crippen LogP contribution in [0.25, 0.3) is 0 Å². The molecule has 0 spiro atoms. The monoisotopic (exact) mass is 433 g/mol. The predicted molar refractivity (Wildman–Crippen MR) is 113 cm³/mol. The largest absolute Gasteiger partial charge is 0.495 e. The minimum absolute atomic E-state index is 0.264. The van der Waals surface area contributed by atoms with Gasteiger partial charge in [0.05, 0.1) is 25.3 Å². The number of carbonyl (C=O) groups excluding carboxylic acids is 2. The molecule has 0 saturated heterocycles.